The Morgan fingerprint density at radius 2 is 1.09 bits per heavy atom. The monoisotopic (exact) mass is 574 g/mol. The van der Waals surface area contributed by atoms with Crippen LogP contribution in [-0.2, 0) is 0 Å². The van der Waals surface area contributed by atoms with Crippen LogP contribution in [0.25, 0.3) is 0 Å². The SMILES string of the molecule is O=C(c1ccccc1)N1C(C2C=CC=C2P(c2ccccc2)c2ccccc2)=N[C@H](c2ccccc2)[C@H]1c1ccccc1. The Morgan fingerprint density at radius 3 is 1.65 bits per heavy atom. The number of amides is 1. The standard InChI is InChI=1S/C39H31N2OP/c42-39(31-21-10-3-11-22-31)41-37(30-19-8-2-9-20-30)36(29-17-6-1-7-18-29)40-38(41)34-27-16-28-35(34)43(32-23-12-4-13-24-32)33-25-14-5-15-26-33/h1-28,34,36-37H/t34?,36-,37-/m1/s1. The van der Waals surface area contributed by atoms with Gasteiger partial charge in [-0.2, -0.15) is 0 Å². The van der Waals surface area contributed by atoms with Crippen LogP contribution < -0.4 is 10.6 Å². The van der Waals surface area contributed by atoms with Crippen LogP contribution in [0.4, 0.5) is 0 Å². The van der Waals surface area contributed by atoms with Crippen LogP contribution in [-0.4, -0.2) is 16.6 Å². The molecule has 1 amide bonds. The zero-order valence-corrected chi connectivity index (χ0v) is 24.5. The van der Waals surface area contributed by atoms with Gasteiger partial charge in [0.1, 0.15) is 11.9 Å². The van der Waals surface area contributed by atoms with Gasteiger partial charge in [0.2, 0.25) is 0 Å². The minimum Gasteiger partial charge on any atom is -0.286 e. The van der Waals surface area contributed by atoms with E-state index in [4.69, 9.17) is 4.99 Å². The maximum Gasteiger partial charge on any atom is 0.259 e. The van der Waals surface area contributed by atoms with Gasteiger partial charge < -0.3 is 0 Å². The van der Waals surface area contributed by atoms with E-state index in [0.29, 0.717) is 5.56 Å². The molecule has 0 N–H and O–H groups in total. The summed E-state index contributed by atoms with van der Waals surface area (Å²) in [6.45, 7) is 0. The van der Waals surface area contributed by atoms with Gasteiger partial charge in [0.05, 0.1) is 12.0 Å². The molecular formula is C39H31N2OP. The fourth-order valence-corrected chi connectivity index (χ4v) is 8.68. The number of allylic oxidation sites excluding steroid dienone is 2. The van der Waals surface area contributed by atoms with Crippen LogP contribution in [0.3, 0.4) is 0 Å². The van der Waals surface area contributed by atoms with E-state index in [2.05, 4.69) is 115 Å². The van der Waals surface area contributed by atoms with Crippen molar-refractivity contribution < 1.29 is 4.79 Å². The van der Waals surface area contributed by atoms with Crippen molar-refractivity contribution in [1.29, 1.82) is 0 Å². The fourth-order valence-electron chi connectivity index (χ4n) is 6.13. The highest BCUT2D eigenvalue weighted by Gasteiger charge is 2.45. The van der Waals surface area contributed by atoms with Crippen LogP contribution in [0, 0.1) is 5.92 Å². The normalized spacial score (nSPS) is 19.4. The molecular weight excluding hydrogens is 543 g/mol. The Bertz CT molecular complexity index is 1750. The number of rotatable bonds is 7. The van der Waals surface area contributed by atoms with Crippen molar-refractivity contribution in [1.82, 2.24) is 4.90 Å². The summed E-state index contributed by atoms with van der Waals surface area (Å²) in [5.74, 6) is 0.630. The summed E-state index contributed by atoms with van der Waals surface area (Å²) >= 11 is 0. The van der Waals surface area contributed by atoms with E-state index in [-0.39, 0.29) is 23.9 Å². The zero-order valence-electron chi connectivity index (χ0n) is 23.6. The Kier molecular flexibility index (Phi) is 7.65. The molecule has 3 atom stereocenters. The number of aliphatic imine (C=N–C) groups is 1. The molecule has 0 saturated carbocycles. The van der Waals surface area contributed by atoms with Gasteiger partial charge in [0, 0.05) is 5.56 Å². The van der Waals surface area contributed by atoms with Crippen molar-refractivity contribution in [3.63, 3.8) is 0 Å². The van der Waals surface area contributed by atoms with Crippen molar-refractivity contribution in [2.24, 2.45) is 10.9 Å². The summed E-state index contributed by atoms with van der Waals surface area (Å²) in [5, 5.41) is 3.84. The quantitative estimate of drug-likeness (QED) is 0.180. The molecule has 3 nitrogen and oxygen atoms in total. The smallest absolute Gasteiger partial charge is 0.259 e. The first kappa shape index (κ1) is 27.0. The third kappa shape index (κ3) is 5.29. The minimum atomic E-state index is -0.857. The molecule has 7 rings (SSSR count). The second-order valence-electron chi connectivity index (χ2n) is 10.7. The molecule has 208 valence electrons. The number of carbonyl (C=O) groups excluding carboxylic acids is 1. The number of benzene rings is 5. The average molecular weight is 575 g/mol. The summed E-state index contributed by atoms with van der Waals surface area (Å²) in [4.78, 5) is 22.1. The summed E-state index contributed by atoms with van der Waals surface area (Å²) in [7, 11) is -0.857. The van der Waals surface area contributed by atoms with E-state index >= 15 is 0 Å². The van der Waals surface area contributed by atoms with E-state index in [0.717, 1.165) is 17.0 Å². The van der Waals surface area contributed by atoms with Gasteiger partial charge in [-0.15, -0.1) is 0 Å². The molecule has 0 saturated heterocycles. The zero-order chi connectivity index (χ0) is 29.0. The average Bonchev–Trinajstić information content (AvgIpc) is 3.72. The lowest BCUT2D eigenvalue weighted by Gasteiger charge is -2.33. The Morgan fingerprint density at radius 1 is 0.605 bits per heavy atom. The van der Waals surface area contributed by atoms with Crippen molar-refractivity contribution >= 4 is 30.3 Å². The highest BCUT2D eigenvalue weighted by Crippen LogP contribution is 2.53. The van der Waals surface area contributed by atoms with E-state index in [1.165, 1.54) is 15.9 Å². The first-order valence-corrected chi connectivity index (χ1v) is 16.0. The predicted octanol–water partition coefficient (Wildman–Crippen LogP) is 8.23. The molecule has 0 aromatic heterocycles. The van der Waals surface area contributed by atoms with Gasteiger partial charge in [-0.3, -0.25) is 14.7 Å². The Balaban J connectivity index is 1.40. The minimum absolute atomic E-state index is 0.0324. The van der Waals surface area contributed by atoms with Gasteiger partial charge in [-0.1, -0.05) is 158 Å². The summed E-state index contributed by atoms with van der Waals surface area (Å²) < 4.78 is 0. The lowest BCUT2D eigenvalue weighted by atomic mass is 9.93. The van der Waals surface area contributed by atoms with Crippen LogP contribution in [0.2, 0.25) is 0 Å². The molecule has 0 spiro atoms. The second-order valence-corrected chi connectivity index (χ2v) is 12.9. The van der Waals surface area contributed by atoms with Crippen molar-refractivity contribution in [2.45, 2.75) is 12.1 Å². The largest absolute Gasteiger partial charge is 0.286 e. The van der Waals surface area contributed by atoms with Gasteiger partial charge >= 0.3 is 0 Å². The molecule has 1 aliphatic heterocycles. The van der Waals surface area contributed by atoms with E-state index in [1.54, 1.807) is 0 Å². The van der Waals surface area contributed by atoms with Crippen LogP contribution in [0.15, 0.2) is 180 Å². The lowest BCUT2D eigenvalue weighted by Crippen LogP contribution is -2.40. The highest BCUT2D eigenvalue weighted by atomic mass is 31.1. The molecule has 43 heavy (non-hydrogen) atoms. The molecule has 1 heterocycles. The number of hydrogen-bond acceptors (Lipinski definition) is 2. The Hall–Kier alpha value is -4.85. The number of nitrogens with zero attached hydrogens (tertiary/aromatic N) is 2. The summed E-state index contributed by atoms with van der Waals surface area (Å²) in [6, 6.07) is 51.3. The highest BCUT2D eigenvalue weighted by molar-refractivity contribution is 7.76. The van der Waals surface area contributed by atoms with Gasteiger partial charge in [0.25, 0.3) is 5.91 Å². The predicted molar refractivity (Wildman–Crippen MR) is 178 cm³/mol. The Labute approximate surface area is 254 Å². The maximum absolute atomic E-state index is 14.6. The van der Waals surface area contributed by atoms with Crippen LogP contribution in [0.1, 0.15) is 33.6 Å². The van der Waals surface area contributed by atoms with Gasteiger partial charge in [-0.25, -0.2) is 0 Å². The molecule has 5 aromatic rings. The molecule has 4 heteroatoms. The van der Waals surface area contributed by atoms with Crippen molar-refractivity contribution in [2.75, 3.05) is 0 Å². The van der Waals surface area contributed by atoms with Crippen molar-refractivity contribution in [3.8, 4) is 0 Å². The lowest BCUT2D eigenvalue weighted by molar-refractivity contribution is 0.0800. The molecule has 5 aromatic carbocycles. The third-order valence-corrected chi connectivity index (χ3v) is 10.6. The van der Waals surface area contributed by atoms with Gasteiger partial charge in [-0.05, 0) is 47.1 Å². The summed E-state index contributed by atoms with van der Waals surface area (Å²) in [5.41, 5.74) is 2.82. The molecule has 1 aliphatic carbocycles. The summed E-state index contributed by atoms with van der Waals surface area (Å²) in [6.07, 6.45) is 6.61. The number of hydrogen-bond donors (Lipinski definition) is 0. The fraction of sp³-hybridized carbons (Fsp3) is 0.0769. The molecule has 1 unspecified atom stereocenters. The molecule has 0 fully saturated rings. The number of amidine groups is 1. The van der Waals surface area contributed by atoms with Crippen LogP contribution >= 0.6 is 7.92 Å². The third-order valence-electron chi connectivity index (χ3n) is 8.07. The van der Waals surface area contributed by atoms with E-state index in [1.807, 2.05) is 59.5 Å². The van der Waals surface area contributed by atoms with Crippen LogP contribution in [0.5, 0.6) is 0 Å². The molecule has 0 bridgehead atoms. The first-order valence-electron chi connectivity index (χ1n) is 14.6. The van der Waals surface area contributed by atoms with E-state index < -0.39 is 7.92 Å². The number of carbonyl (C=O) groups is 1. The first-order chi connectivity index (χ1) is 21.3. The van der Waals surface area contributed by atoms with Gasteiger partial charge in [0.15, 0.2) is 0 Å². The maximum atomic E-state index is 14.6. The second kappa shape index (κ2) is 12.2. The molecule has 0 radical (unpaired) electrons. The topological polar surface area (TPSA) is 32.7 Å². The molecule has 2 aliphatic rings. The van der Waals surface area contributed by atoms with Crippen molar-refractivity contribution in [3.05, 3.63) is 192 Å². The van der Waals surface area contributed by atoms with E-state index in [9.17, 15) is 4.79 Å².